The largest absolute Gasteiger partial charge is 0.497 e. The summed E-state index contributed by atoms with van der Waals surface area (Å²) in [6.45, 7) is 16.1. The summed E-state index contributed by atoms with van der Waals surface area (Å²) in [4.78, 5) is 20.1. The molecule has 1 N–H and O–H groups in total. The number of carbonyl (C=O) groups excluding carboxylic acids is 1. The van der Waals surface area contributed by atoms with Gasteiger partial charge in [0.25, 0.3) is 5.88 Å². The van der Waals surface area contributed by atoms with Gasteiger partial charge in [-0.05, 0) is 114 Å². The average Bonchev–Trinajstić information content (AvgIpc) is 3.51. The normalized spacial score (nSPS) is 16.6. The third kappa shape index (κ3) is 11.0. The van der Waals surface area contributed by atoms with Gasteiger partial charge in [0.15, 0.2) is 5.82 Å². The molecule has 294 valence electrons. The molecule has 1 amide bonds. The third-order valence-corrected chi connectivity index (χ3v) is 10.3. The zero-order chi connectivity index (χ0) is 38.8. The number of nitrogens with one attached hydrogen (secondary N) is 1. The lowest BCUT2D eigenvalue weighted by Gasteiger charge is -2.33. The standard InChI is InChI=1S/C43H62N6O5/c1-10-11-12-37-45-38-39(49(37)26-25-31-13-19-34(20-14-31)30(4)44-42(50)54-43(5,6)7)41(53-29(2)3)47-46-40(38)48(27-32-15-21-35(51-8)22-16-32)28-33-17-23-36(52-9)24-18-33/h15-18,21-24,29-31,34H,10-14,19-20,25-28H2,1-9H3,(H,44,50). The lowest BCUT2D eigenvalue weighted by molar-refractivity contribution is 0.0479. The quantitative estimate of drug-likeness (QED) is 0.113. The molecule has 2 aromatic carbocycles. The molecule has 1 atom stereocenters. The first kappa shape index (κ1) is 40.6. The molecular weight excluding hydrogens is 681 g/mol. The maximum absolute atomic E-state index is 12.4. The number of hydrogen-bond donors (Lipinski definition) is 1. The van der Waals surface area contributed by atoms with Gasteiger partial charge in [0, 0.05) is 32.1 Å². The van der Waals surface area contributed by atoms with Crippen molar-refractivity contribution in [1.82, 2.24) is 25.1 Å². The second kappa shape index (κ2) is 18.7. The topological polar surface area (TPSA) is 113 Å². The van der Waals surface area contributed by atoms with Crippen LogP contribution in [0.25, 0.3) is 11.0 Å². The summed E-state index contributed by atoms with van der Waals surface area (Å²) in [5, 5.41) is 12.7. The number of unbranched alkanes of at least 4 members (excludes halogenated alkanes) is 1. The number of hydrogen-bond acceptors (Lipinski definition) is 9. The number of carbonyl (C=O) groups is 1. The molecule has 5 rings (SSSR count). The average molecular weight is 743 g/mol. The molecule has 0 saturated heterocycles. The van der Waals surface area contributed by atoms with Crippen LogP contribution in [0.2, 0.25) is 0 Å². The summed E-state index contributed by atoms with van der Waals surface area (Å²) in [7, 11) is 3.37. The Kier molecular flexibility index (Phi) is 14.1. The summed E-state index contributed by atoms with van der Waals surface area (Å²) in [6.07, 6.45) is 8.01. The Bertz CT molecular complexity index is 1730. The highest BCUT2D eigenvalue weighted by Crippen LogP contribution is 2.37. The first-order valence-electron chi connectivity index (χ1n) is 19.8. The predicted octanol–water partition coefficient (Wildman–Crippen LogP) is 9.29. The van der Waals surface area contributed by atoms with E-state index in [1.807, 2.05) is 58.9 Å². The Morgan fingerprint density at radius 3 is 2.02 bits per heavy atom. The van der Waals surface area contributed by atoms with E-state index in [0.717, 1.165) is 103 Å². The highest BCUT2D eigenvalue weighted by atomic mass is 16.6. The Labute approximate surface area is 322 Å². The van der Waals surface area contributed by atoms with E-state index in [4.69, 9.17) is 34.1 Å². The molecule has 0 spiro atoms. The van der Waals surface area contributed by atoms with Crippen molar-refractivity contribution in [2.24, 2.45) is 11.8 Å². The number of aromatic nitrogens is 4. The van der Waals surface area contributed by atoms with E-state index in [9.17, 15) is 4.79 Å². The second-order valence-electron chi connectivity index (χ2n) is 16.0. The van der Waals surface area contributed by atoms with Crippen LogP contribution in [-0.2, 0) is 30.8 Å². The van der Waals surface area contributed by atoms with Gasteiger partial charge in [0.05, 0.1) is 20.3 Å². The first-order valence-corrected chi connectivity index (χ1v) is 19.8. The Hall–Kier alpha value is -4.54. The molecule has 2 aromatic heterocycles. The van der Waals surface area contributed by atoms with Crippen molar-refractivity contribution in [3.63, 3.8) is 0 Å². The maximum Gasteiger partial charge on any atom is 0.407 e. The van der Waals surface area contributed by atoms with Gasteiger partial charge >= 0.3 is 6.09 Å². The number of aryl methyl sites for hydroxylation is 2. The summed E-state index contributed by atoms with van der Waals surface area (Å²) in [5.74, 6) is 4.96. The first-order chi connectivity index (χ1) is 25.9. The van der Waals surface area contributed by atoms with Crippen LogP contribution in [-0.4, -0.2) is 57.8 Å². The third-order valence-electron chi connectivity index (χ3n) is 10.3. The number of anilines is 1. The number of alkyl carbamates (subject to hydrolysis) is 1. The van der Waals surface area contributed by atoms with Crippen molar-refractivity contribution in [2.45, 2.75) is 137 Å². The van der Waals surface area contributed by atoms with Crippen LogP contribution < -0.4 is 24.4 Å². The van der Waals surface area contributed by atoms with Crippen LogP contribution in [0.15, 0.2) is 48.5 Å². The summed E-state index contributed by atoms with van der Waals surface area (Å²) in [6, 6.07) is 16.4. The van der Waals surface area contributed by atoms with E-state index in [0.29, 0.717) is 30.8 Å². The van der Waals surface area contributed by atoms with E-state index in [1.165, 1.54) is 0 Å². The van der Waals surface area contributed by atoms with Gasteiger partial charge in [-0.3, -0.25) is 0 Å². The lowest BCUT2D eigenvalue weighted by atomic mass is 9.78. The van der Waals surface area contributed by atoms with Gasteiger partial charge < -0.3 is 33.7 Å². The van der Waals surface area contributed by atoms with Crippen molar-refractivity contribution in [2.75, 3.05) is 19.1 Å². The van der Waals surface area contributed by atoms with Crippen molar-refractivity contribution < 1.29 is 23.7 Å². The SMILES string of the molecule is CCCCc1nc2c(N(Cc3ccc(OC)cc3)Cc3ccc(OC)cc3)nnc(OC(C)C)c2n1CCC1CCC(C(C)NC(=O)OC(C)(C)C)CC1. The number of ether oxygens (including phenoxy) is 4. The molecule has 11 nitrogen and oxygen atoms in total. The smallest absolute Gasteiger partial charge is 0.407 e. The zero-order valence-electron chi connectivity index (χ0n) is 34.0. The van der Waals surface area contributed by atoms with Crippen LogP contribution in [0.5, 0.6) is 17.4 Å². The number of methoxy groups -OCH3 is 2. The van der Waals surface area contributed by atoms with Crippen LogP contribution in [0.3, 0.4) is 0 Å². The van der Waals surface area contributed by atoms with Crippen LogP contribution in [0, 0.1) is 11.8 Å². The van der Waals surface area contributed by atoms with E-state index in [2.05, 4.69) is 52.9 Å². The monoisotopic (exact) mass is 742 g/mol. The van der Waals surface area contributed by atoms with E-state index in [1.54, 1.807) is 14.2 Å². The number of amides is 1. The fourth-order valence-corrected chi connectivity index (χ4v) is 7.35. The number of benzene rings is 2. The highest BCUT2D eigenvalue weighted by Gasteiger charge is 2.29. The minimum absolute atomic E-state index is 0.0722. The molecule has 4 aromatic rings. The van der Waals surface area contributed by atoms with Crippen molar-refractivity contribution in [1.29, 1.82) is 0 Å². The number of imidazole rings is 1. The van der Waals surface area contributed by atoms with Gasteiger partial charge in [-0.1, -0.05) is 50.5 Å². The van der Waals surface area contributed by atoms with E-state index < -0.39 is 5.60 Å². The number of nitrogens with zero attached hydrogens (tertiary/aromatic N) is 5. The second-order valence-corrected chi connectivity index (χ2v) is 16.0. The number of fused-ring (bicyclic) bond motifs is 1. The van der Waals surface area contributed by atoms with Crippen molar-refractivity contribution in [3.8, 4) is 17.4 Å². The Balaban J connectivity index is 1.44. The lowest BCUT2D eigenvalue weighted by Crippen LogP contribution is -2.42. The summed E-state index contributed by atoms with van der Waals surface area (Å²) in [5.41, 5.74) is 3.47. The van der Waals surface area contributed by atoms with Gasteiger partial charge in [0.2, 0.25) is 0 Å². The van der Waals surface area contributed by atoms with Crippen LogP contribution >= 0.6 is 0 Å². The molecule has 54 heavy (non-hydrogen) atoms. The minimum atomic E-state index is -0.507. The molecule has 0 radical (unpaired) electrons. The predicted molar refractivity (Wildman–Crippen MR) is 214 cm³/mol. The van der Waals surface area contributed by atoms with Crippen molar-refractivity contribution in [3.05, 3.63) is 65.5 Å². The Morgan fingerprint density at radius 1 is 0.907 bits per heavy atom. The van der Waals surface area contributed by atoms with Gasteiger partial charge in [-0.15, -0.1) is 10.2 Å². The molecule has 1 saturated carbocycles. The fourth-order valence-electron chi connectivity index (χ4n) is 7.35. The van der Waals surface area contributed by atoms with Crippen LogP contribution in [0.4, 0.5) is 10.6 Å². The molecule has 1 aliphatic carbocycles. The highest BCUT2D eigenvalue weighted by molar-refractivity contribution is 5.90. The van der Waals surface area contributed by atoms with Crippen LogP contribution in [0.1, 0.15) is 110 Å². The summed E-state index contributed by atoms with van der Waals surface area (Å²) < 4.78 is 25.2. The minimum Gasteiger partial charge on any atom is -0.497 e. The maximum atomic E-state index is 12.4. The number of rotatable bonds is 17. The fraction of sp³-hybridized carbons (Fsp3) is 0.581. The van der Waals surface area contributed by atoms with Gasteiger partial charge in [0.1, 0.15) is 34.0 Å². The summed E-state index contributed by atoms with van der Waals surface area (Å²) >= 11 is 0. The van der Waals surface area contributed by atoms with Gasteiger partial charge in [-0.2, -0.15) is 0 Å². The molecule has 0 bridgehead atoms. The van der Waals surface area contributed by atoms with Crippen molar-refractivity contribution >= 4 is 22.9 Å². The molecule has 2 heterocycles. The molecule has 1 fully saturated rings. The van der Waals surface area contributed by atoms with E-state index >= 15 is 0 Å². The van der Waals surface area contributed by atoms with E-state index in [-0.39, 0.29) is 18.2 Å². The molecule has 11 heteroatoms. The Morgan fingerprint density at radius 2 is 1.50 bits per heavy atom. The molecule has 1 aliphatic rings. The zero-order valence-corrected chi connectivity index (χ0v) is 34.0. The van der Waals surface area contributed by atoms with Gasteiger partial charge in [-0.25, -0.2) is 9.78 Å². The molecule has 0 aliphatic heterocycles. The molecular formula is C43H62N6O5. The molecule has 1 unspecified atom stereocenters.